The molecule has 0 spiro atoms. The number of aromatic nitrogens is 2. The molecule has 0 bridgehead atoms. The number of rotatable bonds is 3. The molecule has 0 radical (unpaired) electrons. The standard InChI is InChI=1S/C18H17N3O3/c22-17(12-21-15-6-1-2-8-16(15)24-18(21)23)20-10-4-7-14(20)13-5-3-9-19-11-13/h1-3,5-6,8-9,11,14H,4,7,10,12H2. The second-order valence-electron chi connectivity index (χ2n) is 5.95. The molecule has 1 saturated heterocycles. The molecular formula is C18H17N3O3. The quantitative estimate of drug-likeness (QED) is 0.742. The molecule has 1 unspecified atom stereocenters. The van der Waals surface area contributed by atoms with Crippen molar-refractivity contribution < 1.29 is 9.21 Å². The molecule has 0 aliphatic carbocycles. The summed E-state index contributed by atoms with van der Waals surface area (Å²) in [7, 11) is 0. The lowest BCUT2D eigenvalue weighted by Gasteiger charge is -2.24. The fraction of sp³-hybridized carbons (Fsp3) is 0.278. The van der Waals surface area contributed by atoms with Crippen molar-refractivity contribution in [3.63, 3.8) is 0 Å². The van der Waals surface area contributed by atoms with Gasteiger partial charge in [0.05, 0.1) is 11.6 Å². The van der Waals surface area contributed by atoms with Crippen LogP contribution in [0.2, 0.25) is 0 Å². The highest BCUT2D eigenvalue weighted by Crippen LogP contribution is 2.31. The lowest BCUT2D eigenvalue weighted by Crippen LogP contribution is -2.35. The Morgan fingerprint density at radius 1 is 1.25 bits per heavy atom. The second kappa shape index (κ2) is 5.96. The molecule has 0 saturated carbocycles. The van der Waals surface area contributed by atoms with Gasteiger partial charge in [0.2, 0.25) is 5.91 Å². The van der Waals surface area contributed by atoms with Crippen LogP contribution in [0.25, 0.3) is 11.1 Å². The van der Waals surface area contributed by atoms with Crippen molar-refractivity contribution in [1.29, 1.82) is 0 Å². The van der Waals surface area contributed by atoms with E-state index >= 15 is 0 Å². The number of fused-ring (bicyclic) bond motifs is 1. The zero-order chi connectivity index (χ0) is 16.5. The molecule has 6 heteroatoms. The summed E-state index contributed by atoms with van der Waals surface area (Å²) in [5.41, 5.74) is 2.18. The van der Waals surface area contributed by atoms with E-state index in [0.29, 0.717) is 17.6 Å². The van der Waals surface area contributed by atoms with E-state index in [1.807, 2.05) is 23.1 Å². The number of pyridine rings is 1. The third-order valence-corrected chi connectivity index (χ3v) is 4.51. The summed E-state index contributed by atoms with van der Waals surface area (Å²) >= 11 is 0. The van der Waals surface area contributed by atoms with Gasteiger partial charge in [-0.25, -0.2) is 4.79 Å². The molecule has 1 amide bonds. The van der Waals surface area contributed by atoms with E-state index in [1.54, 1.807) is 30.6 Å². The average molecular weight is 323 g/mol. The molecule has 1 fully saturated rings. The maximum atomic E-state index is 12.8. The first kappa shape index (κ1) is 14.7. The molecule has 2 aromatic heterocycles. The molecule has 1 aliphatic rings. The van der Waals surface area contributed by atoms with E-state index in [9.17, 15) is 9.59 Å². The molecule has 3 heterocycles. The lowest BCUT2D eigenvalue weighted by atomic mass is 10.1. The number of amides is 1. The van der Waals surface area contributed by atoms with Crippen LogP contribution in [0, 0.1) is 0 Å². The fourth-order valence-electron chi connectivity index (χ4n) is 3.37. The molecule has 6 nitrogen and oxygen atoms in total. The Kier molecular flexibility index (Phi) is 3.65. The second-order valence-corrected chi connectivity index (χ2v) is 5.95. The molecule has 122 valence electrons. The maximum Gasteiger partial charge on any atom is 0.420 e. The number of carbonyl (C=O) groups excluding carboxylic acids is 1. The summed E-state index contributed by atoms with van der Waals surface area (Å²) in [6, 6.07) is 11.0. The summed E-state index contributed by atoms with van der Waals surface area (Å²) in [5.74, 6) is -0.573. The van der Waals surface area contributed by atoms with Crippen molar-refractivity contribution in [3.05, 3.63) is 64.9 Å². The molecule has 1 atom stereocenters. The Labute approximate surface area is 138 Å². The van der Waals surface area contributed by atoms with Crippen LogP contribution in [0.3, 0.4) is 0 Å². The smallest absolute Gasteiger partial charge is 0.408 e. The van der Waals surface area contributed by atoms with Crippen LogP contribution in [0.4, 0.5) is 0 Å². The van der Waals surface area contributed by atoms with Crippen molar-refractivity contribution in [2.75, 3.05) is 6.54 Å². The molecular weight excluding hydrogens is 306 g/mol. The van der Waals surface area contributed by atoms with E-state index in [2.05, 4.69) is 4.98 Å². The maximum absolute atomic E-state index is 12.8. The van der Waals surface area contributed by atoms with E-state index in [-0.39, 0.29) is 18.5 Å². The molecule has 1 aliphatic heterocycles. The topological polar surface area (TPSA) is 68.3 Å². The first-order chi connectivity index (χ1) is 11.7. The Morgan fingerprint density at radius 3 is 2.96 bits per heavy atom. The van der Waals surface area contributed by atoms with Gasteiger partial charge in [-0.05, 0) is 36.6 Å². The summed E-state index contributed by atoms with van der Waals surface area (Å²) < 4.78 is 6.60. The average Bonchev–Trinajstić information content (AvgIpc) is 3.21. The van der Waals surface area contributed by atoms with Crippen molar-refractivity contribution in [2.45, 2.75) is 25.4 Å². The van der Waals surface area contributed by atoms with Crippen LogP contribution in [-0.2, 0) is 11.3 Å². The van der Waals surface area contributed by atoms with Crippen molar-refractivity contribution in [3.8, 4) is 0 Å². The van der Waals surface area contributed by atoms with Gasteiger partial charge in [-0.15, -0.1) is 0 Å². The number of para-hydroxylation sites is 2. The molecule has 24 heavy (non-hydrogen) atoms. The normalized spacial score (nSPS) is 17.5. The monoisotopic (exact) mass is 323 g/mol. The lowest BCUT2D eigenvalue weighted by molar-refractivity contribution is -0.132. The zero-order valence-electron chi connectivity index (χ0n) is 13.1. The molecule has 1 aromatic carbocycles. The Balaban J connectivity index is 1.61. The third-order valence-electron chi connectivity index (χ3n) is 4.51. The highest BCUT2D eigenvalue weighted by atomic mass is 16.4. The number of hydrogen-bond acceptors (Lipinski definition) is 4. The van der Waals surface area contributed by atoms with E-state index < -0.39 is 5.76 Å². The van der Waals surface area contributed by atoms with Gasteiger partial charge in [-0.1, -0.05) is 18.2 Å². The van der Waals surface area contributed by atoms with Crippen LogP contribution in [0.15, 0.2) is 58.0 Å². The van der Waals surface area contributed by atoms with Crippen LogP contribution >= 0.6 is 0 Å². The first-order valence-electron chi connectivity index (χ1n) is 8.02. The number of benzene rings is 1. The van der Waals surface area contributed by atoms with Crippen LogP contribution in [0.1, 0.15) is 24.4 Å². The van der Waals surface area contributed by atoms with Crippen molar-refractivity contribution in [2.24, 2.45) is 0 Å². The Hall–Kier alpha value is -2.89. The summed E-state index contributed by atoms with van der Waals surface area (Å²) in [4.78, 5) is 30.8. The van der Waals surface area contributed by atoms with E-state index in [4.69, 9.17) is 4.42 Å². The van der Waals surface area contributed by atoms with Gasteiger partial charge in [0.15, 0.2) is 5.58 Å². The fourth-order valence-corrected chi connectivity index (χ4v) is 3.37. The van der Waals surface area contributed by atoms with Crippen LogP contribution in [-0.4, -0.2) is 26.9 Å². The minimum absolute atomic E-state index is 0.00733. The van der Waals surface area contributed by atoms with Crippen molar-refractivity contribution in [1.82, 2.24) is 14.5 Å². The number of likely N-dealkylation sites (tertiary alicyclic amines) is 1. The largest absolute Gasteiger partial charge is 0.420 e. The van der Waals surface area contributed by atoms with Crippen LogP contribution < -0.4 is 5.76 Å². The predicted octanol–water partition coefficient (Wildman–Crippen LogP) is 2.35. The zero-order valence-corrected chi connectivity index (χ0v) is 13.1. The first-order valence-corrected chi connectivity index (χ1v) is 8.02. The van der Waals surface area contributed by atoms with Gasteiger partial charge in [0, 0.05) is 18.9 Å². The predicted molar refractivity (Wildman–Crippen MR) is 88.4 cm³/mol. The number of hydrogen-bond donors (Lipinski definition) is 0. The van der Waals surface area contributed by atoms with E-state index in [1.165, 1.54) is 4.57 Å². The van der Waals surface area contributed by atoms with Crippen LogP contribution in [0.5, 0.6) is 0 Å². The number of oxazole rings is 1. The SMILES string of the molecule is O=C(Cn1c(=O)oc2ccccc21)N1CCCC1c1cccnc1. The highest BCUT2D eigenvalue weighted by Gasteiger charge is 2.30. The van der Waals surface area contributed by atoms with Gasteiger partial charge < -0.3 is 9.32 Å². The van der Waals surface area contributed by atoms with E-state index in [0.717, 1.165) is 18.4 Å². The highest BCUT2D eigenvalue weighted by molar-refractivity contribution is 5.80. The molecule has 3 aromatic rings. The molecule has 4 rings (SSSR count). The van der Waals surface area contributed by atoms with Gasteiger partial charge in [0.25, 0.3) is 0 Å². The Morgan fingerprint density at radius 2 is 2.12 bits per heavy atom. The van der Waals surface area contributed by atoms with Gasteiger partial charge in [-0.3, -0.25) is 14.3 Å². The Bertz CT molecular complexity index is 929. The van der Waals surface area contributed by atoms with Gasteiger partial charge in [-0.2, -0.15) is 0 Å². The van der Waals surface area contributed by atoms with Gasteiger partial charge >= 0.3 is 5.76 Å². The number of nitrogens with zero attached hydrogens (tertiary/aromatic N) is 3. The minimum atomic E-state index is -0.498. The summed E-state index contributed by atoms with van der Waals surface area (Å²) in [6.45, 7) is 0.690. The summed E-state index contributed by atoms with van der Waals surface area (Å²) in [6.07, 6.45) is 5.39. The summed E-state index contributed by atoms with van der Waals surface area (Å²) in [5, 5.41) is 0. The minimum Gasteiger partial charge on any atom is -0.408 e. The van der Waals surface area contributed by atoms with Gasteiger partial charge in [0.1, 0.15) is 6.54 Å². The number of carbonyl (C=O) groups is 1. The third kappa shape index (κ3) is 2.50. The molecule has 0 N–H and O–H groups in total. The van der Waals surface area contributed by atoms with Crippen molar-refractivity contribution >= 4 is 17.0 Å².